The maximum atomic E-state index is 12.2. The van der Waals surface area contributed by atoms with Crippen LogP contribution in [0.15, 0.2) is 9.42 Å². The van der Waals surface area contributed by atoms with Gasteiger partial charge < -0.3 is 4.52 Å². The number of aryl methyl sites for hydroxylation is 2. The van der Waals surface area contributed by atoms with Gasteiger partial charge in [-0.3, -0.25) is 0 Å². The number of sulfonamides is 1. The summed E-state index contributed by atoms with van der Waals surface area (Å²) < 4.78 is 31.9. The average molecular weight is 325 g/mol. The van der Waals surface area contributed by atoms with Gasteiger partial charge in [0.1, 0.15) is 10.6 Å². The minimum atomic E-state index is -3.59. The lowest BCUT2D eigenvalue weighted by molar-refractivity contribution is 0.390. The highest BCUT2D eigenvalue weighted by molar-refractivity contribution is 9.09. The van der Waals surface area contributed by atoms with Crippen LogP contribution in [-0.4, -0.2) is 24.4 Å². The van der Waals surface area contributed by atoms with Gasteiger partial charge in [-0.2, -0.15) is 0 Å². The maximum absolute atomic E-state index is 12.2. The van der Waals surface area contributed by atoms with E-state index in [1.165, 1.54) is 0 Å². The molecule has 0 saturated heterocycles. The average Bonchev–Trinajstić information content (AvgIpc) is 2.43. The summed E-state index contributed by atoms with van der Waals surface area (Å²) in [5.74, 6) is 0.310. The fourth-order valence-corrected chi connectivity index (χ4v) is 4.33. The molecular weight excluding hydrogens is 308 g/mol. The number of nitrogens with zero attached hydrogens (tertiary/aromatic N) is 1. The first kappa shape index (κ1) is 14.7. The van der Waals surface area contributed by atoms with Gasteiger partial charge in [-0.15, -0.1) is 0 Å². The standard InChI is InChI=1S/C10H17BrN2O3S/c1-7-9(8(2)16-12-7)17(14,15)13-10(3,4)5-6-11/h13H,5-6H2,1-4H3. The molecule has 0 saturated carbocycles. The lowest BCUT2D eigenvalue weighted by Gasteiger charge is -2.24. The van der Waals surface area contributed by atoms with E-state index in [2.05, 4.69) is 25.8 Å². The number of hydrogen-bond acceptors (Lipinski definition) is 4. The fraction of sp³-hybridized carbons (Fsp3) is 0.700. The lowest BCUT2D eigenvalue weighted by Crippen LogP contribution is -2.43. The van der Waals surface area contributed by atoms with Crippen LogP contribution >= 0.6 is 15.9 Å². The highest BCUT2D eigenvalue weighted by Crippen LogP contribution is 2.22. The Bertz CT molecular complexity index is 474. The van der Waals surface area contributed by atoms with E-state index >= 15 is 0 Å². The number of alkyl halides is 1. The Morgan fingerprint density at radius 3 is 2.41 bits per heavy atom. The molecular formula is C10H17BrN2O3S. The van der Waals surface area contributed by atoms with Crippen LogP contribution in [-0.2, 0) is 10.0 Å². The Morgan fingerprint density at radius 2 is 2.00 bits per heavy atom. The molecule has 7 heteroatoms. The molecule has 0 amide bonds. The first-order valence-electron chi connectivity index (χ1n) is 5.22. The summed E-state index contributed by atoms with van der Waals surface area (Å²) in [6.07, 6.45) is 0.690. The van der Waals surface area contributed by atoms with Gasteiger partial charge in [0.05, 0.1) is 0 Å². The number of halogens is 1. The Hall–Kier alpha value is -0.400. The third-order valence-corrected chi connectivity index (χ3v) is 4.70. The summed E-state index contributed by atoms with van der Waals surface area (Å²) in [7, 11) is -3.59. The van der Waals surface area contributed by atoms with E-state index in [1.54, 1.807) is 13.8 Å². The van der Waals surface area contributed by atoms with Crippen molar-refractivity contribution in [1.82, 2.24) is 9.88 Å². The summed E-state index contributed by atoms with van der Waals surface area (Å²) in [5, 5.41) is 4.38. The van der Waals surface area contributed by atoms with Crippen molar-refractivity contribution in [3.63, 3.8) is 0 Å². The summed E-state index contributed by atoms with van der Waals surface area (Å²) >= 11 is 3.30. The van der Waals surface area contributed by atoms with Gasteiger partial charge in [-0.25, -0.2) is 13.1 Å². The molecule has 0 bridgehead atoms. The largest absolute Gasteiger partial charge is 0.360 e. The lowest BCUT2D eigenvalue weighted by atomic mass is 10.0. The summed E-state index contributed by atoms with van der Waals surface area (Å²) in [5.41, 5.74) is -0.136. The molecule has 0 atom stereocenters. The van der Waals surface area contributed by atoms with E-state index in [-0.39, 0.29) is 4.90 Å². The van der Waals surface area contributed by atoms with Gasteiger partial charge in [-0.05, 0) is 34.1 Å². The molecule has 0 fully saturated rings. The fourth-order valence-electron chi connectivity index (χ4n) is 1.56. The van der Waals surface area contributed by atoms with E-state index < -0.39 is 15.6 Å². The van der Waals surface area contributed by atoms with Crippen LogP contribution in [0.1, 0.15) is 31.7 Å². The zero-order valence-corrected chi connectivity index (χ0v) is 12.8. The van der Waals surface area contributed by atoms with Crippen molar-refractivity contribution in [2.45, 2.75) is 44.6 Å². The molecule has 17 heavy (non-hydrogen) atoms. The van der Waals surface area contributed by atoms with Gasteiger partial charge in [0.15, 0.2) is 5.76 Å². The smallest absolute Gasteiger partial charge is 0.246 e. The van der Waals surface area contributed by atoms with Crippen LogP contribution in [0, 0.1) is 13.8 Å². The molecule has 1 rings (SSSR count). The van der Waals surface area contributed by atoms with Crippen LogP contribution in [0.25, 0.3) is 0 Å². The molecule has 0 radical (unpaired) electrons. The number of hydrogen-bond donors (Lipinski definition) is 1. The van der Waals surface area contributed by atoms with Crippen LogP contribution < -0.4 is 4.72 Å². The number of rotatable bonds is 5. The zero-order chi connectivity index (χ0) is 13.3. The second-order valence-corrected chi connectivity index (χ2v) is 6.99. The topological polar surface area (TPSA) is 72.2 Å². The molecule has 0 aliphatic carbocycles. The second kappa shape index (κ2) is 5.07. The normalized spacial score (nSPS) is 13.0. The van der Waals surface area contributed by atoms with Gasteiger partial charge in [0, 0.05) is 10.9 Å². The molecule has 0 aromatic carbocycles. The molecule has 1 aromatic rings. The van der Waals surface area contributed by atoms with Crippen molar-refractivity contribution in [2.24, 2.45) is 0 Å². The predicted octanol–water partition coefficient (Wildman–Crippen LogP) is 2.13. The van der Waals surface area contributed by atoms with E-state index in [4.69, 9.17) is 4.52 Å². The van der Waals surface area contributed by atoms with E-state index in [9.17, 15) is 8.42 Å². The molecule has 1 N–H and O–H groups in total. The Kier molecular flexibility index (Phi) is 4.38. The van der Waals surface area contributed by atoms with E-state index in [0.29, 0.717) is 17.9 Å². The maximum Gasteiger partial charge on any atom is 0.246 e. The van der Waals surface area contributed by atoms with Crippen LogP contribution in [0.5, 0.6) is 0 Å². The van der Waals surface area contributed by atoms with Crippen LogP contribution in [0.2, 0.25) is 0 Å². The van der Waals surface area contributed by atoms with Crippen molar-refractivity contribution in [3.8, 4) is 0 Å². The molecule has 1 heterocycles. The van der Waals surface area contributed by atoms with E-state index in [0.717, 1.165) is 5.33 Å². The van der Waals surface area contributed by atoms with Gasteiger partial charge in [0.25, 0.3) is 0 Å². The van der Waals surface area contributed by atoms with Crippen molar-refractivity contribution in [2.75, 3.05) is 5.33 Å². The predicted molar refractivity (Wildman–Crippen MR) is 68.8 cm³/mol. The molecule has 0 aliphatic heterocycles. The van der Waals surface area contributed by atoms with Gasteiger partial charge in [-0.1, -0.05) is 21.1 Å². The second-order valence-electron chi connectivity index (χ2n) is 4.58. The third-order valence-electron chi connectivity index (χ3n) is 2.37. The number of aromatic nitrogens is 1. The Morgan fingerprint density at radius 1 is 1.41 bits per heavy atom. The van der Waals surface area contributed by atoms with Crippen molar-refractivity contribution in [1.29, 1.82) is 0 Å². The molecule has 1 aromatic heterocycles. The summed E-state index contributed by atoms with van der Waals surface area (Å²) in [6.45, 7) is 6.88. The molecule has 98 valence electrons. The van der Waals surface area contributed by atoms with Crippen molar-refractivity contribution < 1.29 is 12.9 Å². The first-order valence-corrected chi connectivity index (χ1v) is 7.83. The number of nitrogens with one attached hydrogen (secondary N) is 1. The third kappa shape index (κ3) is 3.53. The minimum Gasteiger partial charge on any atom is -0.360 e. The Labute approximate surface area is 110 Å². The van der Waals surface area contributed by atoms with E-state index in [1.807, 2.05) is 13.8 Å². The van der Waals surface area contributed by atoms with Crippen molar-refractivity contribution in [3.05, 3.63) is 11.5 Å². The quantitative estimate of drug-likeness (QED) is 0.842. The Balaban J connectivity index is 3.06. The summed E-state index contributed by atoms with van der Waals surface area (Å²) in [6, 6.07) is 0. The van der Waals surface area contributed by atoms with Crippen molar-refractivity contribution >= 4 is 26.0 Å². The molecule has 0 aliphatic rings. The zero-order valence-electron chi connectivity index (χ0n) is 10.4. The molecule has 0 unspecified atom stereocenters. The van der Waals surface area contributed by atoms with Gasteiger partial charge in [0.2, 0.25) is 10.0 Å². The van der Waals surface area contributed by atoms with Gasteiger partial charge >= 0.3 is 0 Å². The highest BCUT2D eigenvalue weighted by Gasteiger charge is 2.30. The molecule has 5 nitrogen and oxygen atoms in total. The first-order chi connectivity index (χ1) is 7.69. The SMILES string of the molecule is Cc1noc(C)c1S(=O)(=O)NC(C)(C)CCBr. The summed E-state index contributed by atoms with van der Waals surface area (Å²) in [4.78, 5) is 0.139. The van der Waals surface area contributed by atoms with Crippen LogP contribution in [0.4, 0.5) is 0 Å². The minimum absolute atomic E-state index is 0.139. The monoisotopic (exact) mass is 324 g/mol. The van der Waals surface area contributed by atoms with Crippen LogP contribution in [0.3, 0.4) is 0 Å². The molecule has 0 spiro atoms. The highest BCUT2D eigenvalue weighted by atomic mass is 79.9.